The van der Waals surface area contributed by atoms with Crippen molar-refractivity contribution >= 4 is 0 Å². The third-order valence-electron chi connectivity index (χ3n) is 2.49. The van der Waals surface area contributed by atoms with E-state index in [1.54, 1.807) is 6.20 Å². The fraction of sp³-hybridized carbons (Fsp3) is 0.231. The van der Waals surface area contributed by atoms with Crippen LogP contribution in [0.3, 0.4) is 0 Å². The summed E-state index contributed by atoms with van der Waals surface area (Å²) in [4.78, 5) is 4.26. The van der Waals surface area contributed by atoms with E-state index in [9.17, 15) is 0 Å². The summed E-state index contributed by atoms with van der Waals surface area (Å²) in [6, 6.07) is 5.83. The average Bonchev–Trinajstić information content (AvgIpc) is 2.31. The minimum absolute atomic E-state index is 0.551. The Bertz CT molecular complexity index is 421. The number of nitrogens with zero attached hydrogens (tertiary/aromatic N) is 2. The van der Waals surface area contributed by atoms with Gasteiger partial charge in [-0.3, -0.25) is 4.98 Å². The van der Waals surface area contributed by atoms with Gasteiger partial charge in [-0.2, -0.15) is 5.26 Å². The van der Waals surface area contributed by atoms with Crippen LogP contribution in [-0.4, -0.2) is 4.98 Å². The smallest absolute Gasteiger partial charge is 0.101 e. The van der Waals surface area contributed by atoms with Crippen LogP contribution in [0.5, 0.6) is 0 Å². The van der Waals surface area contributed by atoms with Crippen LogP contribution >= 0.6 is 0 Å². The summed E-state index contributed by atoms with van der Waals surface area (Å²) in [5.74, 6) is 0.551. The highest BCUT2D eigenvalue weighted by Gasteiger charge is 2.07. The Morgan fingerprint density at radius 2 is 2.33 bits per heavy atom. The van der Waals surface area contributed by atoms with Crippen molar-refractivity contribution in [3.8, 4) is 6.07 Å². The van der Waals surface area contributed by atoms with Crippen LogP contribution in [0.1, 0.15) is 17.7 Å². The standard InChI is InChI=1S/C13H12N2/c14-9-12-6-7-13(15-10-12)8-11-4-2-1-3-5-11/h1-4,6-7,10-11H,5,8H2. The van der Waals surface area contributed by atoms with E-state index < -0.39 is 0 Å². The van der Waals surface area contributed by atoms with Crippen LogP contribution in [0.25, 0.3) is 0 Å². The molecular formula is C13H12N2. The number of aromatic nitrogens is 1. The Hall–Kier alpha value is -1.88. The van der Waals surface area contributed by atoms with Crippen molar-refractivity contribution in [3.05, 3.63) is 53.9 Å². The van der Waals surface area contributed by atoms with E-state index >= 15 is 0 Å². The van der Waals surface area contributed by atoms with Gasteiger partial charge in [0.1, 0.15) is 6.07 Å². The van der Waals surface area contributed by atoms with Gasteiger partial charge in [0.05, 0.1) is 5.56 Å². The Balaban J connectivity index is 2.02. The van der Waals surface area contributed by atoms with Gasteiger partial charge in [-0.1, -0.05) is 24.3 Å². The lowest BCUT2D eigenvalue weighted by Crippen LogP contribution is -2.03. The molecule has 0 aromatic carbocycles. The van der Waals surface area contributed by atoms with Gasteiger partial charge in [-0.05, 0) is 30.9 Å². The van der Waals surface area contributed by atoms with Crippen molar-refractivity contribution < 1.29 is 0 Å². The maximum Gasteiger partial charge on any atom is 0.101 e. The number of hydrogen-bond acceptors (Lipinski definition) is 2. The fourth-order valence-corrected chi connectivity index (χ4v) is 1.66. The molecule has 0 N–H and O–H groups in total. The molecule has 2 nitrogen and oxygen atoms in total. The first-order valence-electron chi connectivity index (χ1n) is 5.07. The predicted molar refractivity (Wildman–Crippen MR) is 59.0 cm³/mol. The largest absolute Gasteiger partial charge is 0.260 e. The highest BCUT2D eigenvalue weighted by molar-refractivity contribution is 5.26. The van der Waals surface area contributed by atoms with E-state index in [0.29, 0.717) is 11.5 Å². The average molecular weight is 196 g/mol. The van der Waals surface area contributed by atoms with E-state index in [1.807, 2.05) is 12.1 Å². The van der Waals surface area contributed by atoms with E-state index in [0.717, 1.165) is 18.5 Å². The topological polar surface area (TPSA) is 36.7 Å². The summed E-state index contributed by atoms with van der Waals surface area (Å²) < 4.78 is 0. The highest BCUT2D eigenvalue weighted by Crippen LogP contribution is 2.16. The monoisotopic (exact) mass is 196 g/mol. The van der Waals surface area contributed by atoms with Crippen LogP contribution < -0.4 is 0 Å². The van der Waals surface area contributed by atoms with E-state index in [-0.39, 0.29) is 0 Å². The molecule has 0 saturated carbocycles. The Kier molecular flexibility index (Phi) is 2.94. The maximum atomic E-state index is 8.64. The molecule has 1 aliphatic carbocycles. The molecule has 1 heterocycles. The minimum atomic E-state index is 0.551. The molecule has 1 aromatic rings. The molecule has 0 aliphatic heterocycles. The second-order valence-corrected chi connectivity index (χ2v) is 3.66. The molecule has 0 amide bonds. The SMILES string of the molecule is N#Cc1ccc(CC2C=CC=CC2)nc1. The summed E-state index contributed by atoms with van der Waals surface area (Å²) in [5.41, 5.74) is 1.68. The van der Waals surface area contributed by atoms with E-state index in [4.69, 9.17) is 5.26 Å². The zero-order chi connectivity index (χ0) is 10.5. The Morgan fingerprint density at radius 3 is 2.93 bits per heavy atom. The van der Waals surface area contributed by atoms with Crippen molar-refractivity contribution in [3.63, 3.8) is 0 Å². The quantitative estimate of drug-likeness (QED) is 0.729. The van der Waals surface area contributed by atoms with Crippen molar-refractivity contribution in [2.45, 2.75) is 12.8 Å². The molecule has 1 aliphatic rings. The van der Waals surface area contributed by atoms with Crippen molar-refractivity contribution in [2.75, 3.05) is 0 Å². The van der Waals surface area contributed by atoms with Crippen molar-refractivity contribution in [1.29, 1.82) is 5.26 Å². The van der Waals surface area contributed by atoms with Crippen molar-refractivity contribution in [2.24, 2.45) is 5.92 Å². The van der Waals surface area contributed by atoms with E-state index in [1.165, 1.54) is 0 Å². The Morgan fingerprint density at radius 1 is 1.40 bits per heavy atom. The first-order chi connectivity index (χ1) is 7.38. The highest BCUT2D eigenvalue weighted by atomic mass is 14.7. The number of allylic oxidation sites excluding steroid dienone is 4. The summed E-state index contributed by atoms with van der Waals surface area (Å²) in [7, 11) is 0. The molecule has 0 bridgehead atoms. The van der Waals surface area contributed by atoms with Crippen LogP contribution in [0, 0.1) is 17.2 Å². The lowest BCUT2D eigenvalue weighted by molar-refractivity contribution is 0.641. The van der Waals surface area contributed by atoms with Crippen LogP contribution in [0.15, 0.2) is 42.6 Å². The lowest BCUT2D eigenvalue weighted by Gasteiger charge is -2.11. The molecule has 0 spiro atoms. The van der Waals surface area contributed by atoms with E-state index in [2.05, 4.69) is 35.4 Å². The third kappa shape index (κ3) is 2.54. The number of hydrogen-bond donors (Lipinski definition) is 0. The van der Waals surface area contributed by atoms with Gasteiger partial charge in [0.2, 0.25) is 0 Å². The van der Waals surface area contributed by atoms with Gasteiger partial charge in [-0.25, -0.2) is 0 Å². The molecule has 2 heteroatoms. The molecule has 15 heavy (non-hydrogen) atoms. The zero-order valence-corrected chi connectivity index (χ0v) is 8.43. The minimum Gasteiger partial charge on any atom is -0.260 e. The molecule has 2 rings (SSSR count). The van der Waals surface area contributed by atoms with Gasteiger partial charge >= 0.3 is 0 Å². The molecule has 1 atom stereocenters. The Labute approximate surface area is 89.6 Å². The molecule has 1 unspecified atom stereocenters. The second-order valence-electron chi connectivity index (χ2n) is 3.66. The summed E-state index contributed by atoms with van der Waals surface area (Å²) in [6.07, 6.45) is 12.2. The van der Waals surface area contributed by atoms with Gasteiger partial charge in [0, 0.05) is 11.9 Å². The van der Waals surface area contributed by atoms with Crippen LogP contribution in [0.4, 0.5) is 0 Å². The summed E-state index contributed by atoms with van der Waals surface area (Å²) in [6.45, 7) is 0. The molecule has 74 valence electrons. The van der Waals surface area contributed by atoms with Gasteiger partial charge in [0.25, 0.3) is 0 Å². The molecule has 0 saturated heterocycles. The second kappa shape index (κ2) is 4.56. The normalized spacial score (nSPS) is 18.7. The zero-order valence-electron chi connectivity index (χ0n) is 8.43. The van der Waals surface area contributed by atoms with Gasteiger partial charge < -0.3 is 0 Å². The van der Waals surface area contributed by atoms with Gasteiger partial charge in [-0.15, -0.1) is 0 Å². The molecule has 1 aromatic heterocycles. The first-order valence-corrected chi connectivity index (χ1v) is 5.07. The van der Waals surface area contributed by atoms with Crippen molar-refractivity contribution in [1.82, 2.24) is 4.98 Å². The molecule has 0 fully saturated rings. The lowest BCUT2D eigenvalue weighted by atomic mass is 9.95. The maximum absolute atomic E-state index is 8.64. The third-order valence-corrected chi connectivity index (χ3v) is 2.49. The predicted octanol–water partition coefficient (Wildman–Crippen LogP) is 2.63. The van der Waals surface area contributed by atoms with Gasteiger partial charge in [0.15, 0.2) is 0 Å². The van der Waals surface area contributed by atoms with Crippen LogP contribution in [-0.2, 0) is 6.42 Å². The summed E-state index contributed by atoms with van der Waals surface area (Å²) >= 11 is 0. The first kappa shape index (κ1) is 9.67. The number of rotatable bonds is 2. The van der Waals surface area contributed by atoms with Crippen LogP contribution in [0.2, 0.25) is 0 Å². The summed E-state index contributed by atoms with van der Waals surface area (Å²) in [5, 5.41) is 8.64. The number of nitriles is 1. The molecule has 0 radical (unpaired) electrons. The molecular weight excluding hydrogens is 184 g/mol. The fourth-order valence-electron chi connectivity index (χ4n) is 1.66. The number of pyridine rings is 1.